The van der Waals surface area contributed by atoms with Crippen molar-refractivity contribution in [3.8, 4) is 11.6 Å². The number of ether oxygens (including phenoxy) is 1. The highest BCUT2D eigenvalue weighted by Gasteiger charge is 2.31. The van der Waals surface area contributed by atoms with Crippen LogP contribution in [0.15, 0.2) is 56.9 Å². The molecule has 1 aromatic carbocycles. The van der Waals surface area contributed by atoms with Crippen molar-refractivity contribution in [3.63, 3.8) is 0 Å². The van der Waals surface area contributed by atoms with Crippen molar-refractivity contribution in [1.29, 1.82) is 0 Å². The molecule has 0 spiro atoms. The molecule has 13 heteroatoms. The van der Waals surface area contributed by atoms with Crippen LogP contribution in [0, 0.1) is 0 Å². The lowest BCUT2D eigenvalue weighted by molar-refractivity contribution is -0.137. The second-order valence-corrected chi connectivity index (χ2v) is 10.6. The molecule has 0 radical (unpaired) electrons. The lowest BCUT2D eigenvalue weighted by Gasteiger charge is -2.13. The maximum absolute atomic E-state index is 13.2. The summed E-state index contributed by atoms with van der Waals surface area (Å²) < 4.78 is 76.8. The molecule has 0 aliphatic heterocycles. The van der Waals surface area contributed by atoms with E-state index in [2.05, 4.69) is 15.2 Å². The molecular weight excluding hydrogens is 501 g/mol. The minimum Gasteiger partial charge on any atom is -0.484 e. The van der Waals surface area contributed by atoms with Gasteiger partial charge in [-0.15, -0.1) is 0 Å². The quantitative estimate of drug-likeness (QED) is 0.359. The third kappa shape index (κ3) is 4.57. The lowest BCUT2D eigenvalue weighted by atomic mass is 10.1. The molecule has 0 atom stereocenters. The van der Waals surface area contributed by atoms with Crippen LogP contribution in [0.5, 0.6) is 5.75 Å². The zero-order valence-corrected chi connectivity index (χ0v) is 19.6. The van der Waals surface area contributed by atoms with Crippen LogP contribution in [0.3, 0.4) is 0 Å². The van der Waals surface area contributed by atoms with Crippen molar-refractivity contribution in [2.75, 3.05) is 5.75 Å². The molecule has 3 heterocycles. The van der Waals surface area contributed by atoms with Crippen LogP contribution in [0.1, 0.15) is 42.7 Å². The summed E-state index contributed by atoms with van der Waals surface area (Å²) in [5.41, 5.74) is -1.12. The molecule has 1 aliphatic rings. The molecule has 4 aromatic rings. The Hall–Kier alpha value is -3.74. The molecule has 1 aliphatic carbocycles. The van der Waals surface area contributed by atoms with E-state index in [9.17, 15) is 26.4 Å². The molecule has 36 heavy (non-hydrogen) atoms. The van der Waals surface area contributed by atoms with Crippen molar-refractivity contribution in [3.05, 3.63) is 70.1 Å². The summed E-state index contributed by atoms with van der Waals surface area (Å²) in [5, 5.41) is 7.83. The molecule has 0 saturated heterocycles. The van der Waals surface area contributed by atoms with E-state index in [1.165, 1.54) is 25.4 Å². The zero-order chi connectivity index (χ0) is 25.7. The molecule has 9 nitrogen and oxygen atoms in total. The highest BCUT2D eigenvalue weighted by molar-refractivity contribution is 7.91. The van der Waals surface area contributed by atoms with Crippen LogP contribution in [-0.4, -0.2) is 34.1 Å². The summed E-state index contributed by atoms with van der Waals surface area (Å²) in [6.07, 6.45) is -0.183. The van der Waals surface area contributed by atoms with E-state index < -0.39 is 27.1 Å². The van der Waals surface area contributed by atoms with Crippen LogP contribution in [0.25, 0.3) is 16.6 Å². The number of rotatable bonds is 7. The molecule has 1 saturated carbocycles. The third-order valence-electron chi connectivity index (χ3n) is 5.79. The fourth-order valence-electron chi connectivity index (χ4n) is 3.63. The van der Waals surface area contributed by atoms with Gasteiger partial charge in [0.2, 0.25) is 0 Å². The van der Waals surface area contributed by atoms with Gasteiger partial charge in [0.15, 0.2) is 21.4 Å². The summed E-state index contributed by atoms with van der Waals surface area (Å²) >= 11 is 0. The first-order valence-corrected chi connectivity index (χ1v) is 12.6. The Kier molecular flexibility index (Phi) is 5.81. The van der Waals surface area contributed by atoms with Crippen LogP contribution in [0.4, 0.5) is 13.2 Å². The van der Waals surface area contributed by atoms with Gasteiger partial charge in [0.25, 0.3) is 5.56 Å². The molecule has 0 amide bonds. The van der Waals surface area contributed by atoms with Gasteiger partial charge in [-0.05, 0) is 25.0 Å². The highest BCUT2D eigenvalue weighted by atomic mass is 32.2. The van der Waals surface area contributed by atoms with E-state index in [-0.39, 0.29) is 39.6 Å². The van der Waals surface area contributed by atoms with Crippen molar-refractivity contribution in [2.45, 2.75) is 43.4 Å². The third-order valence-corrected chi connectivity index (χ3v) is 7.52. The molecule has 5 rings (SSSR count). The number of benzene rings is 1. The predicted molar refractivity (Wildman–Crippen MR) is 121 cm³/mol. The number of fused-ring (bicyclic) bond motifs is 1. The number of hydrogen-bond acceptors (Lipinski definition) is 8. The van der Waals surface area contributed by atoms with E-state index in [1.54, 1.807) is 6.07 Å². The van der Waals surface area contributed by atoms with Crippen LogP contribution in [0.2, 0.25) is 0 Å². The van der Waals surface area contributed by atoms with E-state index in [0.29, 0.717) is 22.4 Å². The SMILES string of the molecule is CCS(=O)(=O)c1cc(OCc2cc(C3CC3)no2)cnc1-n1ncc2ccc(C(F)(F)F)cc2c1=O. The van der Waals surface area contributed by atoms with Crippen molar-refractivity contribution in [1.82, 2.24) is 19.9 Å². The Labute approximate surface area is 202 Å². The maximum atomic E-state index is 13.2. The molecule has 0 N–H and O–H groups in total. The first kappa shape index (κ1) is 24.0. The fourth-order valence-corrected chi connectivity index (χ4v) is 4.66. The van der Waals surface area contributed by atoms with Gasteiger partial charge in [0.05, 0.1) is 34.8 Å². The number of alkyl halides is 3. The molecule has 0 unspecified atom stereocenters. The minimum atomic E-state index is -4.66. The smallest absolute Gasteiger partial charge is 0.416 e. The van der Waals surface area contributed by atoms with Gasteiger partial charge in [0, 0.05) is 23.4 Å². The average Bonchev–Trinajstić information content (AvgIpc) is 3.60. The van der Waals surface area contributed by atoms with Crippen LogP contribution in [-0.2, 0) is 22.6 Å². The highest BCUT2D eigenvalue weighted by Crippen LogP contribution is 2.39. The summed E-state index contributed by atoms with van der Waals surface area (Å²) in [6, 6.07) is 5.64. The summed E-state index contributed by atoms with van der Waals surface area (Å²) in [7, 11) is -3.94. The maximum Gasteiger partial charge on any atom is 0.416 e. The van der Waals surface area contributed by atoms with Gasteiger partial charge < -0.3 is 9.26 Å². The number of sulfone groups is 1. The number of nitrogens with zero attached hydrogens (tertiary/aromatic N) is 4. The van der Waals surface area contributed by atoms with E-state index in [0.717, 1.165) is 30.7 Å². The Morgan fingerprint density at radius 2 is 1.94 bits per heavy atom. The first-order valence-electron chi connectivity index (χ1n) is 11.0. The standard InChI is InChI=1S/C23H19F3N4O5S/c1-2-36(32,33)20-9-16(34-12-17-8-19(29-35-17)13-3-4-13)11-27-21(20)30-22(31)18-7-15(23(24,25)26)6-5-14(18)10-28-30/h5-11,13H,2-4,12H2,1H3. The van der Waals surface area contributed by atoms with Gasteiger partial charge in [-0.25, -0.2) is 13.4 Å². The topological polar surface area (TPSA) is 117 Å². The van der Waals surface area contributed by atoms with Crippen LogP contribution < -0.4 is 10.3 Å². The summed E-state index contributed by atoms with van der Waals surface area (Å²) in [6.45, 7) is 1.38. The molecular formula is C23H19F3N4O5S. The van der Waals surface area contributed by atoms with E-state index in [1.807, 2.05) is 0 Å². The van der Waals surface area contributed by atoms with E-state index in [4.69, 9.17) is 9.26 Å². The number of aromatic nitrogens is 4. The minimum absolute atomic E-state index is 0.0270. The number of hydrogen-bond donors (Lipinski definition) is 0. The molecule has 3 aromatic heterocycles. The normalized spacial score (nSPS) is 14.3. The Morgan fingerprint density at radius 3 is 2.64 bits per heavy atom. The fraction of sp³-hybridized carbons (Fsp3) is 0.304. The molecule has 1 fully saturated rings. The van der Waals surface area contributed by atoms with Crippen molar-refractivity contribution >= 4 is 20.6 Å². The van der Waals surface area contributed by atoms with Gasteiger partial charge in [-0.2, -0.15) is 23.0 Å². The van der Waals surface area contributed by atoms with Crippen LogP contribution >= 0.6 is 0 Å². The average molecular weight is 520 g/mol. The van der Waals surface area contributed by atoms with Crippen molar-refractivity contribution < 1.29 is 30.8 Å². The second-order valence-electron chi connectivity index (χ2n) is 8.34. The monoisotopic (exact) mass is 520 g/mol. The predicted octanol–water partition coefficient (Wildman–Crippen LogP) is 4.04. The van der Waals surface area contributed by atoms with Gasteiger partial charge in [-0.1, -0.05) is 18.1 Å². The Morgan fingerprint density at radius 1 is 1.17 bits per heavy atom. The van der Waals surface area contributed by atoms with Gasteiger partial charge >= 0.3 is 6.18 Å². The number of pyridine rings is 1. The Bertz CT molecular complexity index is 1630. The Balaban J connectivity index is 1.54. The first-order chi connectivity index (χ1) is 17.1. The summed E-state index contributed by atoms with van der Waals surface area (Å²) in [4.78, 5) is 16.8. The molecule has 0 bridgehead atoms. The second kappa shape index (κ2) is 8.73. The summed E-state index contributed by atoms with van der Waals surface area (Å²) in [5.74, 6) is 0.268. The van der Waals surface area contributed by atoms with Crippen molar-refractivity contribution in [2.24, 2.45) is 0 Å². The lowest BCUT2D eigenvalue weighted by Crippen LogP contribution is -2.25. The van der Waals surface area contributed by atoms with Gasteiger partial charge in [-0.3, -0.25) is 4.79 Å². The van der Waals surface area contributed by atoms with E-state index >= 15 is 0 Å². The molecule has 188 valence electrons. The van der Waals surface area contributed by atoms with Gasteiger partial charge in [0.1, 0.15) is 17.3 Å². The zero-order valence-electron chi connectivity index (χ0n) is 18.8. The largest absolute Gasteiger partial charge is 0.484 e. The number of halogens is 3.